The zero-order valence-electron chi connectivity index (χ0n) is 11.9. The molecule has 0 unspecified atom stereocenters. The van der Waals surface area contributed by atoms with E-state index < -0.39 is 5.97 Å². The van der Waals surface area contributed by atoms with E-state index in [4.69, 9.17) is 10.8 Å². The Morgan fingerprint density at radius 2 is 2.15 bits per heavy atom. The van der Waals surface area contributed by atoms with Gasteiger partial charge in [0.25, 0.3) is 0 Å². The van der Waals surface area contributed by atoms with E-state index in [9.17, 15) is 4.79 Å². The van der Waals surface area contributed by atoms with Crippen molar-refractivity contribution < 1.29 is 9.90 Å². The number of hydrogen-bond acceptors (Lipinski definition) is 2. The lowest BCUT2D eigenvalue weighted by atomic mass is 10.1. The Bertz CT molecular complexity index is 602. The van der Waals surface area contributed by atoms with E-state index in [1.54, 1.807) is 12.1 Å². The molecule has 0 saturated carbocycles. The summed E-state index contributed by atoms with van der Waals surface area (Å²) in [6, 6.07) is 5.39. The van der Waals surface area contributed by atoms with Gasteiger partial charge in [-0.1, -0.05) is 19.4 Å². The molecule has 0 aliphatic heterocycles. The summed E-state index contributed by atoms with van der Waals surface area (Å²) in [6.45, 7) is 3.65. The van der Waals surface area contributed by atoms with Gasteiger partial charge in [0.05, 0.1) is 5.56 Å². The number of benzene rings is 1. The zero-order valence-corrected chi connectivity index (χ0v) is 11.9. The number of carbonyl (C=O) groups is 1. The van der Waals surface area contributed by atoms with Crippen LogP contribution in [0.4, 0.5) is 0 Å². The number of aromatic nitrogens is 1. The molecule has 2 aromatic rings. The molecule has 4 nitrogen and oxygen atoms in total. The summed E-state index contributed by atoms with van der Waals surface area (Å²) < 4.78 is 2.14. The monoisotopic (exact) mass is 274 g/mol. The van der Waals surface area contributed by atoms with Gasteiger partial charge in [-0.3, -0.25) is 0 Å². The summed E-state index contributed by atoms with van der Waals surface area (Å²) >= 11 is 0. The molecule has 3 N–H and O–H groups in total. The van der Waals surface area contributed by atoms with Crippen molar-refractivity contribution in [1.29, 1.82) is 0 Å². The molecule has 1 aromatic carbocycles. The highest BCUT2D eigenvalue weighted by Crippen LogP contribution is 2.24. The molecular weight excluding hydrogens is 252 g/mol. The fourth-order valence-corrected chi connectivity index (χ4v) is 2.51. The minimum absolute atomic E-state index is 0.339. The second-order valence-electron chi connectivity index (χ2n) is 5.13. The summed E-state index contributed by atoms with van der Waals surface area (Å²) in [5.41, 5.74) is 8.22. The lowest BCUT2D eigenvalue weighted by Gasteiger charge is -2.04. The number of aryl methyl sites for hydroxylation is 2. The third-order valence-corrected chi connectivity index (χ3v) is 3.61. The number of fused-ring (bicyclic) bond motifs is 1. The summed E-state index contributed by atoms with van der Waals surface area (Å²) in [5.74, 6) is -0.881. The zero-order chi connectivity index (χ0) is 14.5. The van der Waals surface area contributed by atoms with Crippen LogP contribution in [0.2, 0.25) is 0 Å². The minimum atomic E-state index is -0.881. The van der Waals surface area contributed by atoms with Crippen molar-refractivity contribution in [2.75, 3.05) is 6.54 Å². The molecule has 108 valence electrons. The molecule has 20 heavy (non-hydrogen) atoms. The fourth-order valence-electron chi connectivity index (χ4n) is 2.51. The van der Waals surface area contributed by atoms with Gasteiger partial charge in [-0.05, 0) is 43.5 Å². The van der Waals surface area contributed by atoms with Crippen molar-refractivity contribution in [3.05, 3.63) is 35.5 Å². The van der Waals surface area contributed by atoms with Crippen LogP contribution in [0.5, 0.6) is 0 Å². The first-order chi connectivity index (χ1) is 9.67. The molecule has 0 atom stereocenters. The molecule has 0 aliphatic rings. The van der Waals surface area contributed by atoms with E-state index in [-0.39, 0.29) is 0 Å². The second kappa shape index (κ2) is 6.57. The molecule has 0 fully saturated rings. The Morgan fingerprint density at radius 3 is 2.80 bits per heavy atom. The van der Waals surface area contributed by atoms with E-state index in [0.717, 1.165) is 37.7 Å². The van der Waals surface area contributed by atoms with Crippen LogP contribution in [0.3, 0.4) is 0 Å². The number of carboxylic acids is 1. The summed E-state index contributed by atoms with van der Waals surface area (Å²) in [7, 11) is 0. The standard InChI is InChI=1S/C16H22N2O2/c1-2-3-5-13-11-18(9-4-8-17)15-10-12(16(19)20)6-7-14(13)15/h6-7,10-11H,2-5,8-9,17H2,1H3,(H,19,20). The third kappa shape index (κ3) is 3.02. The van der Waals surface area contributed by atoms with Crippen LogP contribution in [0.25, 0.3) is 10.9 Å². The van der Waals surface area contributed by atoms with E-state index >= 15 is 0 Å². The topological polar surface area (TPSA) is 68.2 Å². The van der Waals surface area contributed by atoms with E-state index in [1.807, 2.05) is 6.07 Å². The van der Waals surface area contributed by atoms with Gasteiger partial charge in [0, 0.05) is 23.6 Å². The van der Waals surface area contributed by atoms with E-state index in [1.165, 1.54) is 10.9 Å². The summed E-state index contributed by atoms with van der Waals surface area (Å²) in [6.07, 6.45) is 6.39. The molecule has 1 heterocycles. The van der Waals surface area contributed by atoms with Crippen LogP contribution in [0, 0.1) is 0 Å². The molecule has 2 rings (SSSR count). The van der Waals surface area contributed by atoms with Crippen LogP contribution in [0.1, 0.15) is 42.1 Å². The number of unbranched alkanes of at least 4 members (excludes halogenated alkanes) is 1. The van der Waals surface area contributed by atoms with E-state index in [2.05, 4.69) is 17.7 Å². The minimum Gasteiger partial charge on any atom is -0.478 e. The lowest BCUT2D eigenvalue weighted by Crippen LogP contribution is -2.05. The predicted octanol–water partition coefficient (Wildman–Crippen LogP) is 3.03. The maximum absolute atomic E-state index is 11.1. The molecule has 0 spiro atoms. The van der Waals surface area contributed by atoms with Crippen molar-refractivity contribution in [2.45, 2.75) is 39.2 Å². The van der Waals surface area contributed by atoms with Crippen molar-refractivity contribution in [3.8, 4) is 0 Å². The third-order valence-electron chi connectivity index (χ3n) is 3.61. The average Bonchev–Trinajstić information content (AvgIpc) is 2.80. The van der Waals surface area contributed by atoms with Crippen LogP contribution in [-0.4, -0.2) is 22.2 Å². The normalized spacial score (nSPS) is 11.1. The van der Waals surface area contributed by atoms with Crippen molar-refractivity contribution in [2.24, 2.45) is 5.73 Å². The lowest BCUT2D eigenvalue weighted by molar-refractivity contribution is 0.0697. The van der Waals surface area contributed by atoms with Crippen LogP contribution < -0.4 is 5.73 Å². The van der Waals surface area contributed by atoms with Gasteiger partial charge in [-0.2, -0.15) is 0 Å². The smallest absolute Gasteiger partial charge is 0.335 e. The van der Waals surface area contributed by atoms with Gasteiger partial charge in [-0.25, -0.2) is 4.79 Å². The Kier molecular flexibility index (Phi) is 4.79. The number of carboxylic acid groups (broad SMARTS) is 1. The van der Waals surface area contributed by atoms with Crippen LogP contribution in [-0.2, 0) is 13.0 Å². The summed E-state index contributed by atoms with van der Waals surface area (Å²) in [5, 5.41) is 10.3. The molecule has 1 aromatic heterocycles. The molecule has 0 aliphatic carbocycles. The van der Waals surface area contributed by atoms with Crippen LogP contribution >= 0.6 is 0 Å². The highest BCUT2D eigenvalue weighted by atomic mass is 16.4. The molecule has 0 amide bonds. The van der Waals surface area contributed by atoms with Crippen molar-refractivity contribution in [1.82, 2.24) is 4.57 Å². The van der Waals surface area contributed by atoms with Gasteiger partial charge in [-0.15, -0.1) is 0 Å². The Balaban J connectivity index is 2.45. The number of nitrogens with zero attached hydrogens (tertiary/aromatic N) is 1. The van der Waals surface area contributed by atoms with Crippen molar-refractivity contribution in [3.63, 3.8) is 0 Å². The first-order valence-corrected chi connectivity index (χ1v) is 7.22. The SMILES string of the molecule is CCCCc1cn(CCCN)c2cc(C(=O)O)ccc12. The molecule has 4 heteroatoms. The Morgan fingerprint density at radius 1 is 1.35 bits per heavy atom. The van der Waals surface area contributed by atoms with Crippen molar-refractivity contribution >= 4 is 16.9 Å². The molecular formula is C16H22N2O2. The second-order valence-corrected chi connectivity index (χ2v) is 5.13. The highest BCUT2D eigenvalue weighted by molar-refractivity contribution is 5.94. The average molecular weight is 274 g/mol. The largest absolute Gasteiger partial charge is 0.478 e. The Hall–Kier alpha value is -1.81. The van der Waals surface area contributed by atoms with Gasteiger partial charge >= 0.3 is 5.97 Å². The first-order valence-electron chi connectivity index (χ1n) is 7.22. The van der Waals surface area contributed by atoms with Gasteiger partial charge < -0.3 is 15.4 Å². The van der Waals surface area contributed by atoms with Crippen LogP contribution in [0.15, 0.2) is 24.4 Å². The molecule has 0 radical (unpaired) electrons. The molecule has 0 saturated heterocycles. The van der Waals surface area contributed by atoms with E-state index in [0.29, 0.717) is 12.1 Å². The molecule has 0 bridgehead atoms. The van der Waals surface area contributed by atoms with Gasteiger partial charge in [0.15, 0.2) is 0 Å². The quantitative estimate of drug-likeness (QED) is 0.815. The number of nitrogens with two attached hydrogens (primary N) is 1. The van der Waals surface area contributed by atoms with Gasteiger partial charge in [0.2, 0.25) is 0 Å². The number of hydrogen-bond donors (Lipinski definition) is 2. The first kappa shape index (κ1) is 14.6. The maximum atomic E-state index is 11.1. The summed E-state index contributed by atoms with van der Waals surface area (Å²) in [4.78, 5) is 11.1. The van der Waals surface area contributed by atoms with Gasteiger partial charge in [0.1, 0.15) is 0 Å². The maximum Gasteiger partial charge on any atom is 0.335 e. The number of rotatable bonds is 7. The number of aromatic carboxylic acids is 1. The predicted molar refractivity (Wildman–Crippen MR) is 81.2 cm³/mol. The Labute approximate surface area is 119 Å². The fraction of sp³-hybridized carbons (Fsp3) is 0.438. The highest BCUT2D eigenvalue weighted by Gasteiger charge is 2.11.